The first-order chi connectivity index (χ1) is 9.04. The van der Waals surface area contributed by atoms with Gasteiger partial charge in [-0.05, 0) is 38.0 Å². The number of nitrogens with one attached hydrogen (secondary N) is 1. The van der Waals surface area contributed by atoms with Crippen molar-refractivity contribution in [3.63, 3.8) is 0 Å². The minimum absolute atomic E-state index is 0.236. The maximum atomic E-state index is 12.2. The largest absolute Gasteiger partial charge is 0.340 e. The van der Waals surface area contributed by atoms with Crippen molar-refractivity contribution in [2.45, 2.75) is 38.8 Å². The SMILES string of the molecule is C[C@H]1CN(C(=O)CCc2cccc(Cl)c2)C[C@H](C)N1. The van der Waals surface area contributed by atoms with Gasteiger partial charge in [0.1, 0.15) is 0 Å². The van der Waals surface area contributed by atoms with E-state index in [-0.39, 0.29) is 5.91 Å². The van der Waals surface area contributed by atoms with E-state index in [2.05, 4.69) is 19.2 Å². The summed E-state index contributed by atoms with van der Waals surface area (Å²) in [7, 11) is 0. The van der Waals surface area contributed by atoms with E-state index in [1.165, 1.54) is 0 Å². The zero-order chi connectivity index (χ0) is 13.8. The van der Waals surface area contributed by atoms with Crippen molar-refractivity contribution < 1.29 is 4.79 Å². The van der Waals surface area contributed by atoms with E-state index in [0.29, 0.717) is 18.5 Å². The highest BCUT2D eigenvalue weighted by atomic mass is 35.5. The number of carbonyl (C=O) groups excluding carboxylic acids is 1. The third-order valence-corrected chi connectivity index (χ3v) is 3.66. The minimum Gasteiger partial charge on any atom is -0.340 e. The lowest BCUT2D eigenvalue weighted by atomic mass is 10.1. The molecule has 0 radical (unpaired) electrons. The topological polar surface area (TPSA) is 32.3 Å². The van der Waals surface area contributed by atoms with Crippen LogP contribution in [-0.4, -0.2) is 36.0 Å². The van der Waals surface area contributed by atoms with Crippen LogP contribution in [0.25, 0.3) is 0 Å². The molecular weight excluding hydrogens is 260 g/mol. The van der Waals surface area contributed by atoms with Crippen molar-refractivity contribution in [2.75, 3.05) is 13.1 Å². The molecular formula is C15H21ClN2O. The van der Waals surface area contributed by atoms with Gasteiger partial charge in [0.05, 0.1) is 0 Å². The molecule has 0 aliphatic carbocycles. The van der Waals surface area contributed by atoms with Crippen LogP contribution in [0.2, 0.25) is 5.02 Å². The molecule has 0 bridgehead atoms. The highest BCUT2D eigenvalue weighted by Gasteiger charge is 2.24. The average Bonchev–Trinajstić information content (AvgIpc) is 2.35. The molecule has 1 heterocycles. The van der Waals surface area contributed by atoms with Crippen molar-refractivity contribution in [3.8, 4) is 0 Å². The summed E-state index contributed by atoms with van der Waals surface area (Å²) in [5, 5.41) is 4.16. The highest BCUT2D eigenvalue weighted by Crippen LogP contribution is 2.13. The van der Waals surface area contributed by atoms with Crippen molar-refractivity contribution >= 4 is 17.5 Å². The van der Waals surface area contributed by atoms with E-state index < -0.39 is 0 Å². The number of carbonyl (C=O) groups is 1. The summed E-state index contributed by atoms with van der Waals surface area (Å²) < 4.78 is 0. The van der Waals surface area contributed by atoms with Gasteiger partial charge in [0, 0.05) is 36.6 Å². The van der Waals surface area contributed by atoms with Crippen LogP contribution in [0, 0.1) is 0 Å². The lowest BCUT2D eigenvalue weighted by Crippen LogP contribution is -2.55. The monoisotopic (exact) mass is 280 g/mol. The zero-order valence-corrected chi connectivity index (χ0v) is 12.3. The second-order valence-corrected chi connectivity index (χ2v) is 5.83. The second-order valence-electron chi connectivity index (χ2n) is 5.40. The van der Waals surface area contributed by atoms with E-state index >= 15 is 0 Å². The van der Waals surface area contributed by atoms with E-state index in [0.717, 1.165) is 30.1 Å². The van der Waals surface area contributed by atoms with Gasteiger partial charge in [0.2, 0.25) is 5.91 Å². The second kappa shape index (κ2) is 6.40. The fourth-order valence-corrected chi connectivity index (χ4v) is 2.85. The number of aryl methyl sites for hydroxylation is 1. The summed E-state index contributed by atoms with van der Waals surface area (Å²) in [6.07, 6.45) is 1.31. The summed E-state index contributed by atoms with van der Waals surface area (Å²) in [6.45, 7) is 5.84. The Balaban J connectivity index is 1.87. The molecule has 2 rings (SSSR count). The van der Waals surface area contributed by atoms with Crippen LogP contribution in [0.3, 0.4) is 0 Å². The highest BCUT2D eigenvalue weighted by molar-refractivity contribution is 6.30. The number of hydrogen-bond donors (Lipinski definition) is 1. The van der Waals surface area contributed by atoms with Crippen molar-refractivity contribution in [1.29, 1.82) is 0 Å². The molecule has 104 valence electrons. The summed E-state index contributed by atoms with van der Waals surface area (Å²) in [5.41, 5.74) is 1.12. The number of benzene rings is 1. The Kier molecular flexibility index (Phi) is 4.83. The summed E-state index contributed by atoms with van der Waals surface area (Å²) >= 11 is 5.94. The Morgan fingerprint density at radius 3 is 2.68 bits per heavy atom. The first kappa shape index (κ1) is 14.4. The molecule has 1 aromatic rings. The normalized spacial score (nSPS) is 23.4. The summed E-state index contributed by atoms with van der Waals surface area (Å²) in [5.74, 6) is 0.236. The Morgan fingerprint density at radius 2 is 2.05 bits per heavy atom. The molecule has 1 fully saturated rings. The van der Waals surface area contributed by atoms with Crippen LogP contribution >= 0.6 is 11.6 Å². The Labute approximate surface area is 119 Å². The summed E-state index contributed by atoms with van der Waals surface area (Å²) in [6, 6.07) is 8.47. The standard InChI is InChI=1S/C15H21ClN2O/c1-11-9-18(10-12(2)17-11)15(19)7-6-13-4-3-5-14(16)8-13/h3-5,8,11-12,17H,6-7,9-10H2,1-2H3/t11-,12-/m0/s1. The summed E-state index contributed by atoms with van der Waals surface area (Å²) in [4.78, 5) is 14.2. The molecule has 0 unspecified atom stereocenters. The van der Waals surface area contributed by atoms with Gasteiger partial charge in [-0.25, -0.2) is 0 Å². The van der Waals surface area contributed by atoms with Gasteiger partial charge in [0.25, 0.3) is 0 Å². The van der Waals surface area contributed by atoms with Crippen LogP contribution in [0.15, 0.2) is 24.3 Å². The van der Waals surface area contributed by atoms with Gasteiger partial charge in [-0.15, -0.1) is 0 Å². The first-order valence-corrected chi connectivity index (χ1v) is 7.20. The predicted octanol–water partition coefficient (Wildman–Crippen LogP) is 2.48. The molecule has 1 aliphatic heterocycles. The fraction of sp³-hybridized carbons (Fsp3) is 0.533. The molecule has 1 saturated heterocycles. The maximum absolute atomic E-state index is 12.2. The van der Waals surface area contributed by atoms with E-state index in [1.807, 2.05) is 29.2 Å². The third-order valence-electron chi connectivity index (χ3n) is 3.43. The molecule has 0 spiro atoms. The molecule has 4 heteroatoms. The van der Waals surface area contributed by atoms with Crippen LogP contribution in [0.4, 0.5) is 0 Å². The van der Waals surface area contributed by atoms with Gasteiger partial charge in [-0.3, -0.25) is 4.79 Å². The lowest BCUT2D eigenvalue weighted by Gasteiger charge is -2.36. The van der Waals surface area contributed by atoms with Gasteiger partial charge in [0.15, 0.2) is 0 Å². The van der Waals surface area contributed by atoms with Gasteiger partial charge in [-0.2, -0.15) is 0 Å². The van der Waals surface area contributed by atoms with E-state index in [9.17, 15) is 4.79 Å². The Morgan fingerprint density at radius 1 is 1.37 bits per heavy atom. The van der Waals surface area contributed by atoms with Crippen LogP contribution < -0.4 is 5.32 Å². The van der Waals surface area contributed by atoms with Crippen molar-refractivity contribution in [3.05, 3.63) is 34.9 Å². The molecule has 1 N–H and O–H groups in total. The van der Waals surface area contributed by atoms with Crippen molar-refractivity contribution in [1.82, 2.24) is 10.2 Å². The van der Waals surface area contributed by atoms with Gasteiger partial charge in [-0.1, -0.05) is 23.7 Å². The molecule has 1 aliphatic rings. The third kappa shape index (κ3) is 4.22. The fourth-order valence-electron chi connectivity index (χ4n) is 2.63. The molecule has 2 atom stereocenters. The Bertz CT molecular complexity index is 440. The number of amides is 1. The lowest BCUT2D eigenvalue weighted by molar-refractivity contribution is -0.132. The van der Waals surface area contributed by atoms with Gasteiger partial charge < -0.3 is 10.2 Å². The molecule has 1 amide bonds. The predicted molar refractivity (Wildman–Crippen MR) is 78.4 cm³/mol. The molecule has 19 heavy (non-hydrogen) atoms. The molecule has 1 aromatic carbocycles. The van der Waals surface area contributed by atoms with Crippen molar-refractivity contribution in [2.24, 2.45) is 0 Å². The molecule has 0 aromatic heterocycles. The number of hydrogen-bond acceptors (Lipinski definition) is 2. The van der Waals surface area contributed by atoms with Crippen LogP contribution in [0.1, 0.15) is 25.8 Å². The average molecular weight is 281 g/mol. The van der Waals surface area contributed by atoms with E-state index in [4.69, 9.17) is 11.6 Å². The quantitative estimate of drug-likeness (QED) is 0.923. The number of nitrogens with zero attached hydrogens (tertiary/aromatic N) is 1. The minimum atomic E-state index is 0.236. The number of piperazine rings is 1. The zero-order valence-electron chi connectivity index (χ0n) is 11.5. The maximum Gasteiger partial charge on any atom is 0.223 e. The van der Waals surface area contributed by atoms with Crippen LogP contribution in [0.5, 0.6) is 0 Å². The van der Waals surface area contributed by atoms with Crippen LogP contribution in [-0.2, 0) is 11.2 Å². The molecule has 0 saturated carbocycles. The van der Waals surface area contributed by atoms with E-state index in [1.54, 1.807) is 0 Å². The van der Waals surface area contributed by atoms with Gasteiger partial charge >= 0.3 is 0 Å². The number of halogens is 1. The Hall–Kier alpha value is -1.06. The number of rotatable bonds is 3. The molecule has 3 nitrogen and oxygen atoms in total. The smallest absolute Gasteiger partial charge is 0.223 e. The first-order valence-electron chi connectivity index (χ1n) is 6.83.